The largest absolute Gasteiger partial charge is 0.496 e. The first kappa shape index (κ1) is 27.6. The van der Waals surface area contributed by atoms with Crippen molar-refractivity contribution in [3.8, 4) is 11.5 Å². The standard InChI is InChI=1S/C29H35N7O3/c1-6-24(37)36-11-7-8-21(14-36)35-29-25(28(31)33-16-34-29)26(30)20-9-10-23(17(2)12-20)39-15-22-19(4)27(38-5)18(3)13-32-22/h6,9-10,12-13,16,21,30H,1,7-8,11,14-15H2,2-5H3,(H3,31,33,34,35). The van der Waals surface area contributed by atoms with E-state index >= 15 is 0 Å². The molecule has 1 amide bonds. The summed E-state index contributed by atoms with van der Waals surface area (Å²) in [6.07, 6.45) is 6.21. The molecule has 0 spiro atoms. The number of nitrogens with two attached hydrogens (primary N) is 1. The fourth-order valence-electron chi connectivity index (χ4n) is 4.85. The lowest BCUT2D eigenvalue weighted by Gasteiger charge is -2.33. The molecule has 1 fully saturated rings. The van der Waals surface area contributed by atoms with Crippen LogP contribution in [0.3, 0.4) is 0 Å². The normalized spacial score (nSPS) is 15.0. The topological polar surface area (TPSA) is 139 Å². The van der Waals surface area contributed by atoms with E-state index in [0.29, 0.717) is 42.4 Å². The van der Waals surface area contributed by atoms with Crippen LogP contribution in [-0.2, 0) is 11.4 Å². The molecule has 1 unspecified atom stereocenters. The molecule has 39 heavy (non-hydrogen) atoms. The van der Waals surface area contributed by atoms with Gasteiger partial charge < -0.3 is 25.4 Å². The molecule has 4 rings (SSSR count). The van der Waals surface area contributed by atoms with Crippen LogP contribution in [0.15, 0.2) is 43.4 Å². The lowest BCUT2D eigenvalue weighted by atomic mass is 10.00. The van der Waals surface area contributed by atoms with Gasteiger partial charge in [-0.2, -0.15) is 0 Å². The third-order valence-electron chi connectivity index (χ3n) is 6.95. The van der Waals surface area contributed by atoms with Gasteiger partial charge in [-0.05, 0) is 63.5 Å². The summed E-state index contributed by atoms with van der Waals surface area (Å²) in [7, 11) is 1.65. The van der Waals surface area contributed by atoms with Gasteiger partial charge in [0.1, 0.15) is 36.1 Å². The fourth-order valence-corrected chi connectivity index (χ4v) is 4.85. The van der Waals surface area contributed by atoms with Crippen molar-refractivity contribution in [1.82, 2.24) is 19.9 Å². The Labute approximate surface area is 228 Å². The van der Waals surface area contributed by atoms with Gasteiger partial charge in [-0.1, -0.05) is 6.58 Å². The number of likely N-dealkylation sites (tertiary alicyclic amines) is 1. The lowest BCUT2D eigenvalue weighted by molar-refractivity contribution is -0.127. The number of ether oxygens (including phenoxy) is 2. The fraction of sp³-hybridized carbons (Fsp3) is 0.345. The molecule has 10 nitrogen and oxygen atoms in total. The highest BCUT2D eigenvalue weighted by molar-refractivity contribution is 6.16. The van der Waals surface area contributed by atoms with Crippen molar-refractivity contribution in [2.24, 2.45) is 0 Å². The third-order valence-corrected chi connectivity index (χ3v) is 6.95. The van der Waals surface area contributed by atoms with E-state index in [9.17, 15) is 4.79 Å². The maximum atomic E-state index is 12.1. The van der Waals surface area contributed by atoms with Crippen LogP contribution in [0.1, 0.15) is 46.4 Å². The second-order valence-electron chi connectivity index (χ2n) is 9.64. The molecule has 1 aromatic carbocycles. The maximum Gasteiger partial charge on any atom is 0.246 e. The van der Waals surface area contributed by atoms with E-state index in [2.05, 4.69) is 26.8 Å². The second kappa shape index (κ2) is 11.9. The first-order valence-electron chi connectivity index (χ1n) is 12.8. The molecule has 204 valence electrons. The molecule has 1 aliphatic rings. The Morgan fingerprint density at radius 3 is 2.77 bits per heavy atom. The van der Waals surface area contributed by atoms with Crippen molar-refractivity contribution in [2.75, 3.05) is 31.2 Å². The highest BCUT2D eigenvalue weighted by atomic mass is 16.5. The van der Waals surface area contributed by atoms with E-state index in [1.807, 2.05) is 39.0 Å². The average Bonchev–Trinajstić information content (AvgIpc) is 2.93. The van der Waals surface area contributed by atoms with Crippen LogP contribution in [-0.4, -0.2) is 57.7 Å². The van der Waals surface area contributed by atoms with Crippen molar-refractivity contribution in [2.45, 2.75) is 46.3 Å². The molecule has 10 heteroatoms. The van der Waals surface area contributed by atoms with Gasteiger partial charge >= 0.3 is 0 Å². The molecule has 0 radical (unpaired) electrons. The number of methoxy groups -OCH3 is 1. The van der Waals surface area contributed by atoms with Crippen LogP contribution in [0.2, 0.25) is 0 Å². The Hall–Kier alpha value is -4.47. The average molecular weight is 530 g/mol. The highest BCUT2D eigenvalue weighted by Crippen LogP contribution is 2.28. The van der Waals surface area contributed by atoms with Crippen molar-refractivity contribution in [3.63, 3.8) is 0 Å². The number of piperidine rings is 1. The number of amides is 1. The van der Waals surface area contributed by atoms with Gasteiger partial charge in [-0.25, -0.2) is 9.97 Å². The van der Waals surface area contributed by atoms with Gasteiger partial charge in [-0.15, -0.1) is 0 Å². The van der Waals surface area contributed by atoms with Crippen LogP contribution >= 0.6 is 0 Å². The smallest absolute Gasteiger partial charge is 0.246 e. The predicted molar refractivity (Wildman–Crippen MR) is 152 cm³/mol. The van der Waals surface area contributed by atoms with E-state index in [1.165, 1.54) is 12.4 Å². The molecule has 3 heterocycles. The molecule has 0 saturated carbocycles. The van der Waals surface area contributed by atoms with Gasteiger partial charge in [0.05, 0.1) is 24.1 Å². The summed E-state index contributed by atoms with van der Waals surface area (Å²) in [5.41, 5.74) is 11.1. The summed E-state index contributed by atoms with van der Waals surface area (Å²) in [6, 6.07) is 5.52. The Balaban J connectivity index is 1.52. The molecule has 2 aromatic heterocycles. The SMILES string of the molecule is C=CC(=O)N1CCCC(Nc2ncnc(N)c2C(=N)c2ccc(OCc3ncc(C)c(OC)c3C)c(C)c2)C1. The number of hydrogen-bond donors (Lipinski definition) is 3. The summed E-state index contributed by atoms with van der Waals surface area (Å²) in [4.78, 5) is 26.9. The second-order valence-corrected chi connectivity index (χ2v) is 9.64. The number of anilines is 2. The first-order chi connectivity index (χ1) is 18.7. The van der Waals surface area contributed by atoms with E-state index < -0.39 is 0 Å². The number of nitrogen functional groups attached to an aromatic ring is 1. The minimum absolute atomic E-state index is 0.0292. The van der Waals surface area contributed by atoms with Gasteiger partial charge in [-0.3, -0.25) is 15.2 Å². The summed E-state index contributed by atoms with van der Waals surface area (Å²) >= 11 is 0. The monoisotopic (exact) mass is 529 g/mol. The molecule has 1 atom stereocenters. The quantitative estimate of drug-likeness (QED) is 0.279. The zero-order valence-electron chi connectivity index (χ0n) is 22.9. The van der Waals surface area contributed by atoms with E-state index in [0.717, 1.165) is 41.0 Å². The van der Waals surface area contributed by atoms with Crippen molar-refractivity contribution in [3.05, 3.63) is 76.9 Å². The van der Waals surface area contributed by atoms with Crippen LogP contribution in [0.25, 0.3) is 0 Å². The number of hydrogen-bond acceptors (Lipinski definition) is 9. The summed E-state index contributed by atoms with van der Waals surface area (Å²) in [5.74, 6) is 2.09. The number of carbonyl (C=O) groups excluding carboxylic acids is 1. The maximum absolute atomic E-state index is 12.1. The van der Waals surface area contributed by atoms with Crippen molar-refractivity contribution in [1.29, 1.82) is 5.41 Å². The van der Waals surface area contributed by atoms with Crippen molar-refractivity contribution >= 4 is 23.3 Å². The molecule has 1 saturated heterocycles. The summed E-state index contributed by atoms with van der Waals surface area (Å²) in [6.45, 7) is 10.9. The number of nitrogens with zero attached hydrogens (tertiary/aromatic N) is 4. The Morgan fingerprint density at radius 2 is 2.05 bits per heavy atom. The number of aryl methyl sites for hydroxylation is 2. The molecule has 1 aliphatic heterocycles. The molecular formula is C29H35N7O3. The first-order valence-corrected chi connectivity index (χ1v) is 12.8. The predicted octanol–water partition coefficient (Wildman–Crippen LogP) is 3.97. The van der Waals surface area contributed by atoms with Crippen molar-refractivity contribution < 1.29 is 14.3 Å². The number of nitrogens with one attached hydrogen (secondary N) is 2. The van der Waals surface area contributed by atoms with Gasteiger partial charge in [0, 0.05) is 42.0 Å². The van der Waals surface area contributed by atoms with Crippen LogP contribution in [0, 0.1) is 26.2 Å². The van der Waals surface area contributed by atoms with Gasteiger partial charge in [0.25, 0.3) is 0 Å². The van der Waals surface area contributed by atoms with E-state index in [4.69, 9.17) is 20.6 Å². The van der Waals surface area contributed by atoms with E-state index in [1.54, 1.807) is 18.2 Å². The number of aromatic nitrogens is 3. The number of benzene rings is 1. The van der Waals surface area contributed by atoms with Gasteiger partial charge in [0.2, 0.25) is 5.91 Å². The molecule has 4 N–H and O–H groups in total. The third kappa shape index (κ3) is 6.00. The number of carbonyl (C=O) groups is 1. The number of rotatable bonds is 9. The zero-order chi connectivity index (χ0) is 28.1. The Bertz CT molecular complexity index is 1410. The van der Waals surface area contributed by atoms with Crippen LogP contribution in [0.4, 0.5) is 11.6 Å². The van der Waals surface area contributed by atoms with E-state index in [-0.39, 0.29) is 23.5 Å². The molecule has 0 aliphatic carbocycles. The minimum atomic E-state index is -0.0955. The number of pyridine rings is 1. The Morgan fingerprint density at radius 1 is 1.26 bits per heavy atom. The lowest BCUT2D eigenvalue weighted by Crippen LogP contribution is -2.44. The summed E-state index contributed by atoms with van der Waals surface area (Å²) in [5, 5.41) is 12.4. The van der Waals surface area contributed by atoms with Crippen LogP contribution in [0.5, 0.6) is 11.5 Å². The Kier molecular flexibility index (Phi) is 8.43. The molecule has 0 bridgehead atoms. The molecular weight excluding hydrogens is 494 g/mol. The summed E-state index contributed by atoms with van der Waals surface area (Å²) < 4.78 is 11.6. The molecule has 3 aromatic rings. The van der Waals surface area contributed by atoms with Gasteiger partial charge in [0.15, 0.2) is 0 Å². The van der Waals surface area contributed by atoms with Crippen LogP contribution < -0.4 is 20.5 Å². The minimum Gasteiger partial charge on any atom is -0.496 e. The zero-order valence-corrected chi connectivity index (χ0v) is 22.9. The highest BCUT2D eigenvalue weighted by Gasteiger charge is 2.25.